The molecule has 186 valence electrons. The highest BCUT2D eigenvalue weighted by atomic mass is 14.5. The monoisotopic (exact) mass is 576 g/mol. The molecule has 24 radical (unpaired) electrons. The second-order valence-electron chi connectivity index (χ2n) is 10.1. The van der Waals surface area contributed by atoms with Crippen LogP contribution in [0.25, 0.3) is 16.7 Å². The Morgan fingerprint density at radius 3 is 0.667 bits per heavy atom. The molecule has 1 saturated carbocycles. The highest BCUT2D eigenvalue weighted by Gasteiger charge is 2.43. The van der Waals surface area contributed by atoms with E-state index in [9.17, 15) is 31.6 Å². The summed E-state index contributed by atoms with van der Waals surface area (Å²) in [6.07, 6.45) is 0. The number of hydrogen-bond acceptors (Lipinski definition) is 6. The van der Waals surface area contributed by atoms with Crippen LogP contribution in [0, 0.1) is 68.0 Å². The van der Waals surface area contributed by atoms with Gasteiger partial charge in [-0.1, -0.05) is 49.2 Å². The third-order valence-corrected chi connectivity index (χ3v) is 7.83. The van der Waals surface area contributed by atoms with Crippen LogP contribution in [0.15, 0.2) is 16.7 Å². The molecule has 0 spiro atoms. The summed E-state index contributed by atoms with van der Waals surface area (Å²) >= 11 is 0. The Kier molecular flexibility index (Phi) is 9.61. The van der Waals surface area contributed by atoms with E-state index in [-0.39, 0.29) is 132 Å². The first-order chi connectivity index (χ1) is 22.6. The van der Waals surface area contributed by atoms with Gasteiger partial charge in [0.25, 0.3) is 0 Å². The summed E-state index contributed by atoms with van der Waals surface area (Å²) in [5.74, 6) is 0. The Hall–Kier alpha value is -5.40. The van der Waals surface area contributed by atoms with E-state index in [1.54, 1.807) is 18.2 Å². The molecular formula is C30B12N6. The summed E-state index contributed by atoms with van der Waals surface area (Å²) in [5, 5.41) is 60.9. The molecule has 48 heavy (non-hydrogen) atoms. The van der Waals surface area contributed by atoms with Crippen LogP contribution in [-0.2, 0) is 0 Å². The molecule has 4 rings (SSSR count). The maximum atomic E-state index is 10.5. The standard InChI is InChI=1S/C30B12N6/c31-19-10(4-46)22(34)28(40)25(37)16(19)7(1-43)13-14(8(2-44)17-20(32)11(5-47)23(35)29(41)26(17)38)15(13)9(3-45)18-21(33)12(6-48)24(36)30(42)27(18)39. The normalized spacial score (nSPS) is 11.2. The van der Waals surface area contributed by atoms with E-state index < -0.39 is 0 Å². The predicted octanol–water partition coefficient (Wildman–Crippen LogP) is -8.93. The van der Waals surface area contributed by atoms with Crippen molar-refractivity contribution in [2.24, 2.45) is 0 Å². The van der Waals surface area contributed by atoms with E-state index >= 15 is 0 Å². The molecule has 3 aromatic rings. The molecule has 1 fully saturated rings. The molecule has 0 aromatic heterocycles. The predicted molar refractivity (Wildman–Crippen MR) is 196 cm³/mol. The molecule has 0 saturated heterocycles. The quantitative estimate of drug-likeness (QED) is 0.225. The Morgan fingerprint density at radius 1 is 0.292 bits per heavy atom. The van der Waals surface area contributed by atoms with Gasteiger partial charge < -0.3 is 0 Å². The molecule has 0 N–H and O–H groups in total. The number of rotatable bonds is 3. The molecule has 0 aliphatic heterocycles. The zero-order chi connectivity index (χ0) is 36.1. The van der Waals surface area contributed by atoms with E-state index in [0.29, 0.717) is 0 Å². The lowest BCUT2D eigenvalue weighted by molar-refractivity contribution is 1.50. The van der Waals surface area contributed by atoms with Gasteiger partial charge in [-0.2, -0.15) is 31.6 Å². The topological polar surface area (TPSA) is 143 Å². The Bertz CT molecular complexity index is 2150. The minimum atomic E-state index is -0.388. The summed E-state index contributed by atoms with van der Waals surface area (Å²) < 4.78 is 0. The van der Waals surface area contributed by atoms with Crippen molar-refractivity contribution in [3.8, 4) is 36.4 Å². The van der Waals surface area contributed by atoms with Gasteiger partial charge >= 0.3 is 0 Å². The van der Waals surface area contributed by atoms with Crippen LogP contribution in [0.4, 0.5) is 0 Å². The van der Waals surface area contributed by atoms with Gasteiger partial charge in [-0.05, 0) is 16.7 Å². The molecule has 0 atom stereocenters. The number of allylic oxidation sites excluding steroid dienone is 6. The van der Waals surface area contributed by atoms with Crippen LogP contribution in [-0.4, -0.2) is 94.2 Å². The second kappa shape index (κ2) is 13.0. The van der Waals surface area contributed by atoms with E-state index in [1.807, 2.05) is 18.2 Å². The molecule has 1 aliphatic rings. The summed E-state index contributed by atoms with van der Waals surface area (Å²) in [6, 6.07) is 11.2. The van der Waals surface area contributed by atoms with Crippen LogP contribution in [0.3, 0.4) is 0 Å². The van der Waals surface area contributed by atoms with E-state index in [1.165, 1.54) is 0 Å². The maximum Gasteiger partial charge on any atom is 0.116 e. The van der Waals surface area contributed by atoms with Crippen LogP contribution < -0.4 is 65.6 Å². The first-order valence-electron chi connectivity index (χ1n) is 13.1. The van der Waals surface area contributed by atoms with Crippen molar-refractivity contribution >= 4 is 176 Å². The Morgan fingerprint density at radius 2 is 0.500 bits per heavy atom. The largest absolute Gasteiger partial charge is 0.192 e. The fraction of sp³-hybridized carbons (Fsp3) is 0. The van der Waals surface area contributed by atoms with Crippen molar-refractivity contribution < 1.29 is 0 Å². The molecule has 0 unspecified atom stereocenters. The molecular weight excluding hydrogens is 574 g/mol. The zero-order valence-corrected chi connectivity index (χ0v) is 24.6. The third-order valence-electron chi connectivity index (χ3n) is 7.83. The molecule has 6 nitrogen and oxygen atoms in total. The van der Waals surface area contributed by atoms with Crippen LogP contribution in [0.5, 0.6) is 0 Å². The summed E-state index contributed by atoms with van der Waals surface area (Å²) in [6.45, 7) is 0. The van der Waals surface area contributed by atoms with Crippen molar-refractivity contribution in [2.75, 3.05) is 0 Å². The van der Waals surface area contributed by atoms with E-state index in [0.717, 1.165) is 0 Å². The SMILES string of the molecule is [B]c1c([B])c(C#N)c([B])c(C(C#N)=C2C(=C(C#N)c3c([B])c([B])c([B])c(C#N)c3[B])C2=C(C#N)c2c([B])c([B])c([B])c(C#N)c2[B])c1[B]. The van der Waals surface area contributed by atoms with Crippen LogP contribution in [0.2, 0.25) is 0 Å². The van der Waals surface area contributed by atoms with Gasteiger partial charge in [0.1, 0.15) is 112 Å². The van der Waals surface area contributed by atoms with Gasteiger partial charge in [-0.3, -0.25) is 0 Å². The average molecular weight is 574 g/mol. The molecule has 0 heterocycles. The lowest BCUT2D eigenvalue weighted by atomic mass is 9.63. The van der Waals surface area contributed by atoms with Gasteiger partial charge in [-0.25, -0.2) is 0 Å². The smallest absolute Gasteiger partial charge is 0.116 e. The molecule has 0 amide bonds. The average Bonchev–Trinajstić information content (AvgIpc) is 3.78. The van der Waals surface area contributed by atoms with Gasteiger partial charge in [-0.15, -0.1) is 16.4 Å². The minimum Gasteiger partial charge on any atom is -0.192 e. The summed E-state index contributed by atoms with van der Waals surface area (Å²) in [5.41, 5.74) is -6.88. The van der Waals surface area contributed by atoms with Gasteiger partial charge in [0.05, 0.1) is 34.9 Å². The fourth-order valence-corrected chi connectivity index (χ4v) is 5.31. The maximum absolute atomic E-state index is 10.5. The lowest BCUT2D eigenvalue weighted by Crippen LogP contribution is -2.48. The van der Waals surface area contributed by atoms with Crippen LogP contribution in [0.1, 0.15) is 33.4 Å². The number of nitrogens with zero attached hydrogens (tertiary/aromatic N) is 6. The molecule has 18 heteroatoms. The Balaban J connectivity index is 2.40. The van der Waals surface area contributed by atoms with Crippen molar-refractivity contribution in [3.63, 3.8) is 0 Å². The lowest BCUT2D eigenvalue weighted by Gasteiger charge is -2.19. The third kappa shape index (κ3) is 5.02. The van der Waals surface area contributed by atoms with Crippen molar-refractivity contribution in [3.05, 3.63) is 50.1 Å². The van der Waals surface area contributed by atoms with Crippen LogP contribution >= 0.6 is 0 Å². The zero-order valence-electron chi connectivity index (χ0n) is 24.6. The highest BCUT2D eigenvalue weighted by molar-refractivity contribution is 6.63. The molecule has 1 aliphatic carbocycles. The van der Waals surface area contributed by atoms with Crippen molar-refractivity contribution in [2.45, 2.75) is 0 Å². The highest BCUT2D eigenvalue weighted by Crippen LogP contribution is 2.55. The van der Waals surface area contributed by atoms with Crippen molar-refractivity contribution in [1.29, 1.82) is 31.6 Å². The first-order valence-corrected chi connectivity index (χ1v) is 13.1. The van der Waals surface area contributed by atoms with E-state index in [4.69, 9.17) is 94.2 Å². The van der Waals surface area contributed by atoms with Gasteiger partial charge in [0.2, 0.25) is 0 Å². The first kappa shape index (κ1) is 35.5. The number of hydrogen-bond donors (Lipinski definition) is 0. The summed E-state index contributed by atoms with van der Waals surface area (Å²) in [7, 11) is 73.7. The fourth-order valence-electron chi connectivity index (χ4n) is 5.31. The number of benzene rings is 3. The van der Waals surface area contributed by atoms with E-state index in [2.05, 4.69) is 0 Å². The summed E-state index contributed by atoms with van der Waals surface area (Å²) in [4.78, 5) is 0. The second-order valence-corrected chi connectivity index (χ2v) is 10.1. The van der Waals surface area contributed by atoms with Crippen molar-refractivity contribution in [1.82, 2.24) is 0 Å². The molecule has 0 bridgehead atoms. The number of nitriles is 6. The molecule has 3 aromatic carbocycles. The minimum absolute atomic E-state index is 0.155. The van der Waals surface area contributed by atoms with Gasteiger partial charge in [0.15, 0.2) is 0 Å². The Labute approximate surface area is 293 Å². The van der Waals surface area contributed by atoms with Gasteiger partial charge in [0, 0.05) is 33.4 Å².